The third-order valence-corrected chi connectivity index (χ3v) is 4.32. The van der Waals surface area contributed by atoms with Gasteiger partial charge in [-0.05, 0) is 48.9 Å². The first-order valence-electron chi connectivity index (χ1n) is 9.26. The summed E-state index contributed by atoms with van der Waals surface area (Å²) in [6, 6.07) is 27.4. The van der Waals surface area contributed by atoms with Crippen LogP contribution in [0.4, 0.5) is 5.69 Å². The van der Waals surface area contributed by atoms with Crippen LogP contribution >= 0.6 is 0 Å². The van der Waals surface area contributed by atoms with E-state index in [-0.39, 0.29) is 6.04 Å². The van der Waals surface area contributed by atoms with Crippen molar-refractivity contribution < 1.29 is 9.15 Å². The van der Waals surface area contributed by atoms with E-state index in [0.29, 0.717) is 18.4 Å². The first kappa shape index (κ1) is 17.8. The molecule has 4 rings (SSSR count). The number of rotatable bonds is 7. The lowest BCUT2D eigenvalue weighted by Crippen LogP contribution is -2.12. The van der Waals surface area contributed by atoms with Crippen molar-refractivity contribution >= 4 is 5.69 Å². The Hall–Kier alpha value is -3.60. The Morgan fingerprint density at radius 2 is 1.54 bits per heavy atom. The molecule has 0 amide bonds. The predicted molar refractivity (Wildman–Crippen MR) is 109 cm³/mol. The van der Waals surface area contributed by atoms with Crippen molar-refractivity contribution in [1.82, 2.24) is 10.2 Å². The van der Waals surface area contributed by atoms with E-state index in [9.17, 15) is 0 Å². The predicted octanol–water partition coefficient (Wildman–Crippen LogP) is 5.34. The summed E-state index contributed by atoms with van der Waals surface area (Å²) in [5, 5.41) is 12.0. The van der Waals surface area contributed by atoms with E-state index in [0.717, 1.165) is 22.6 Å². The lowest BCUT2D eigenvalue weighted by atomic mass is 10.1. The van der Waals surface area contributed by atoms with E-state index in [1.54, 1.807) is 0 Å². The molecular weight excluding hydrogens is 350 g/mol. The Balaban J connectivity index is 1.64. The van der Waals surface area contributed by atoms with Crippen LogP contribution in [0, 0.1) is 0 Å². The summed E-state index contributed by atoms with van der Waals surface area (Å²) in [6.45, 7) is 2.61. The van der Waals surface area contributed by atoms with Crippen LogP contribution in [-0.4, -0.2) is 16.8 Å². The molecule has 0 unspecified atom stereocenters. The van der Waals surface area contributed by atoms with Crippen LogP contribution in [0.3, 0.4) is 0 Å². The third-order valence-electron chi connectivity index (χ3n) is 4.32. The van der Waals surface area contributed by atoms with E-state index in [2.05, 4.69) is 15.5 Å². The molecule has 1 aromatic heterocycles. The minimum Gasteiger partial charge on any atom is -0.494 e. The van der Waals surface area contributed by atoms with Gasteiger partial charge in [0.25, 0.3) is 0 Å². The smallest absolute Gasteiger partial charge is 0.247 e. The van der Waals surface area contributed by atoms with Crippen LogP contribution in [-0.2, 0) is 0 Å². The second-order valence-electron chi connectivity index (χ2n) is 6.26. The average Bonchev–Trinajstić information content (AvgIpc) is 3.25. The van der Waals surface area contributed by atoms with E-state index in [1.807, 2.05) is 91.9 Å². The van der Waals surface area contributed by atoms with Gasteiger partial charge >= 0.3 is 0 Å². The topological polar surface area (TPSA) is 60.2 Å². The fourth-order valence-corrected chi connectivity index (χ4v) is 2.96. The summed E-state index contributed by atoms with van der Waals surface area (Å²) in [5.74, 6) is 1.86. The maximum Gasteiger partial charge on any atom is 0.247 e. The van der Waals surface area contributed by atoms with Crippen molar-refractivity contribution in [2.75, 3.05) is 11.9 Å². The molecule has 28 heavy (non-hydrogen) atoms. The fourth-order valence-electron chi connectivity index (χ4n) is 2.96. The van der Waals surface area contributed by atoms with Crippen molar-refractivity contribution in [2.45, 2.75) is 13.0 Å². The molecule has 1 atom stereocenters. The van der Waals surface area contributed by atoms with Crippen molar-refractivity contribution in [3.05, 3.63) is 96.4 Å². The minimum atomic E-state index is -0.260. The Labute approximate surface area is 164 Å². The molecule has 0 saturated heterocycles. The zero-order chi connectivity index (χ0) is 19.2. The Kier molecular flexibility index (Phi) is 5.33. The first-order valence-corrected chi connectivity index (χ1v) is 9.26. The summed E-state index contributed by atoms with van der Waals surface area (Å²) in [6.07, 6.45) is 0. The number of nitrogens with zero attached hydrogens (tertiary/aromatic N) is 2. The molecule has 0 fully saturated rings. The Morgan fingerprint density at radius 3 is 2.21 bits per heavy atom. The van der Waals surface area contributed by atoms with Crippen LogP contribution in [0.1, 0.15) is 24.4 Å². The lowest BCUT2D eigenvalue weighted by Gasteiger charge is -2.17. The van der Waals surface area contributed by atoms with Gasteiger partial charge in [0.15, 0.2) is 0 Å². The number of aromatic nitrogens is 2. The normalized spacial score (nSPS) is 11.8. The molecule has 5 heteroatoms. The molecule has 0 radical (unpaired) electrons. The molecule has 0 spiro atoms. The highest BCUT2D eigenvalue weighted by atomic mass is 16.5. The number of benzene rings is 3. The first-order chi connectivity index (χ1) is 13.8. The second-order valence-corrected chi connectivity index (χ2v) is 6.26. The summed E-state index contributed by atoms with van der Waals surface area (Å²) in [4.78, 5) is 0. The highest BCUT2D eigenvalue weighted by molar-refractivity contribution is 5.53. The SMILES string of the molecule is CCOc1ccc(N[C@@H](c2ccccc2)c2nnc(-c3ccccc3)o2)cc1. The monoisotopic (exact) mass is 371 g/mol. The van der Waals surface area contributed by atoms with E-state index >= 15 is 0 Å². The van der Waals surface area contributed by atoms with Crippen LogP contribution in [0.25, 0.3) is 11.5 Å². The van der Waals surface area contributed by atoms with Gasteiger partial charge < -0.3 is 14.5 Å². The molecule has 3 aromatic carbocycles. The minimum absolute atomic E-state index is 0.260. The van der Waals surface area contributed by atoms with Gasteiger partial charge in [-0.1, -0.05) is 48.5 Å². The van der Waals surface area contributed by atoms with Gasteiger partial charge in [0.2, 0.25) is 11.8 Å². The van der Waals surface area contributed by atoms with E-state index < -0.39 is 0 Å². The molecule has 1 N–H and O–H groups in total. The molecule has 140 valence electrons. The number of hydrogen-bond acceptors (Lipinski definition) is 5. The highest BCUT2D eigenvalue weighted by Crippen LogP contribution is 2.29. The van der Waals surface area contributed by atoms with Crippen molar-refractivity contribution in [1.29, 1.82) is 0 Å². The van der Waals surface area contributed by atoms with Gasteiger partial charge in [0.1, 0.15) is 11.8 Å². The molecule has 0 aliphatic rings. The lowest BCUT2D eigenvalue weighted by molar-refractivity contribution is 0.340. The Bertz CT molecular complexity index is 999. The molecule has 1 heterocycles. The summed E-state index contributed by atoms with van der Waals surface area (Å²) >= 11 is 0. The zero-order valence-corrected chi connectivity index (χ0v) is 15.6. The quantitative estimate of drug-likeness (QED) is 0.475. The molecular formula is C23H21N3O2. The molecule has 0 bridgehead atoms. The van der Waals surface area contributed by atoms with Gasteiger partial charge in [-0.3, -0.25) is 0 Å². The van der Waals surface area contributed by atoms with E-state index in [1.165, 1.54) is 0 Å². The molecule has 0 saturated carbocycles. The summed E-state index contributed by atoms with van der Waals surface area (Å²) in [5.41, 5.74) is 2.88. The zero-order valence-electron chi connectivity index (χ0n) is 15.6. The molecule has 4 aromatic rings. The van der Waals surface area contributed by atoms with Crippen LogP contribution in [0.2, 0.25) is 0 Å². The molecule has 0 aliphatic carbocycles. The maximum absolute atomic E-state index is 6.01. The number of anilines is 1. The largest absolute Gasteiger partial charge is 0.494 e. The van der Waals surface area contributed by atoms with Crippen LogP contribution in [0.15, 0.2) is 89.3 Å². The van der Waals surface area contributed by atoms with E-state index in [4.69, 9.17) is 9.15 Å². The Morgan fingerprint density at radius 1 is 0.857 bits per heavy atom. The molecule has 0 aliphatic heterocycles. The number of ether oxygens (including phenoxy) is 1. The van der Waals surface area contributed by atoms with Crippen LogP contribution in [0.5, 0.6) is 5.75 Å². The van der Waals surface area contributed by atoms with Crippen molar-refractivity contribution in [3.8, 4) is 17.2 Å². The highest BCUT2D eigenvalue weighted by Gasteiger charge is 2.21. The van der Waals surface area contributed by atoms with Gasteiger partial charge in [0.05, 0.1) is 6.61 Å². The van der Waals surface area contributed by atoms with Crippen molar-refractivity contribution in [2.24, 2.45) is 0 Å². The van der Waals surface area contributed by atoms with Crippen molar-refractivity contribution in [3.63, 3.8) is 0 Å². The molecule has 5 nitrogen and oxygen atoms in total. The average molecular weight is 371 g/mol. The standard InChI is InChI=1S/C23H21N3O2/c1-2-27-20-15-13-19(14-16-20)24-21(17-9-5-3-6-10-17)23-26-25-22(28-23)18-11-7-4-8-12-18/h3-16,21,24H,2H2,1H3/t21-/m0/s1. The van der Waals surface area contributed by atoms with Gasteiger partial charge in [0, 0.05) is 11.3 Å². The second kappa shape index (κ2) is 8.39. The fraction of sp³-hybridized carbons (Fsp3) is 0.130. The summed E-state index contributed by atoms with van der Waals surface area (Å²) in [7, 11) is 0. The van der Waals surface area contributed by atoms with Gasteiger partial charge in [-0.25, -0.2) is 0 Å². The number of nitrogens with one attached hydrogen (secondary N) is 1. The van der Waals surface area contributed by atoms with Crippen LogP contribution < -0.4 is 10.1 Å². The third kappa shape index (κ3) is 4.04. The maximum atomic E-state index is 6.01. The van der Waals surface area contributed by atoms with Gasteiger partial charge in [-0.15, -0.1) is 10.2 Å². The number of hydrogen-bond donors (Lipinski definition) is 1. The van der Waals surface area contributed by atoms with Gasteiger partial charge in [-0.2, -0.15) is 0 Å². The summed E-state index contributed by atoms with van der Waals surface area (Å²) < 4.78 is 11.5.